The zero-order valence-electron chi connectivity index (χ0n) is 8.52. The van der Waals surface area contributed by atoms with Gasteiger partial charge in [-0.25, -0.2) is 4.39 Å². The Morgan fingerprint density at radius 2 is 2.00 bits per heavy atom. The summed E-state index contributed by atoms with van der Waals surface area (Å²) < 4.78 is 12.6. The molecule has 0 aromatic heterocycles. The topological polar surface area (TPSA) is 12.0 Å². The summed E-state index contributed by atoms with van der Waals surface area (Å²) in [7, 11) is 0. The number of rotatable bonds is 5. The second-order valence-electron chi connectivity index (χ2n) is 3.33. The molecule has 0 amide bonds. The fraction of sp³-hybridized carbons (Fsp3) is 0.333. The van der Waals surface area contributed by atoms with Crippen LogP contribution in [0.5, 0.6) is 0 Å². The third kappa shape index (κ3) is 3.71. The summed E-state index contributed by atoms with van der Waals surface area (Å²) in [4.78, 5) is 0. The summed E-state index contributed by atoms with van der Waals surface area (Å²) in [6, 6.07) is 6.53. The lowest BCUT2D eigenvalue weighted by Gasteiger charge is -2.05. The van der Waals surface area contributed by atoms with Crippen LogP contribution in [0.2, 0.25) is 0 Å². The van der Waals surface area contributed by atoms with Crippen LogP contribution in [-0.4, -0.2) is 6.54 Å². The molecule has 1 nitrogen and oxygen atoms in total. The van der Waals surface area contributed by atoms with E-state index in [1.807, 2.05) is 0 Å². The van der Waals surface area contributed by atoms with Gasteiger partial charge in [-0.1, -0.05) is 31.2 Å². The van der Waals surface area contributed by atoms with Gasteiger partial charge in [-0.15, -0.1) is 0 Å². The summed E-state index contributed by atoms with van der Waals surface area (Å²) in [5.41, 5.74) is 2.28. The summed E-state index contributed by atoms with van der Waals surface area (Å²) in [6.07, 6.45) is 0.996. The van der Waals surface area contributed by atoms with Gasteiger partial charge < -0.3 is 5.32 Å². The quantitative estimate of drug-likeness (QED) is 0.709. The van der Waals surface area contributed by atoms with Gasteiger partial charge in [0, 0.05) is 13.1 Å². The van der Waals surface area contributed by atoms with Crippen LogP contribution in [0.1, 0.15) is 18.9 Å². The van der Waals surface area contributed by atoms with Crippen molar-refractivity contribution in [2.24, 2.45) is 0 Å². The predicted octanol–water partition coefficient (Wildman–Crippen LogP) is 2.88. The van der Waals surface area contributed by atoms with E-state index in [2.05, 4.69) is 18.8 Å². The number of benzene rings is 1. The van der Waals surface area contributed by atoms with Gasteiger partial charge in [-0.05, 0) is 24.1 Å². The third-order valence-corrected chi connectivity index (χ3v) is 2.12. The van der Waals surface area contributed by atoms with Crippen LogP contribution in [0.3, 0.4) is 0 Å². The molecule has 0 aliphatic rings. The molecule has 0 saturated carbocycles. The Bertz CT molecular complexity index is 290. The zero-order valence-corrected chi connectivity index (χ0v) is 8.52. The van der Waals surface area contributed by atoms with Gasteiger partial charge in [0.2, 0.25) is 0 Å². The molecule has 0 radical (unpaired) electrons. The maximum Gasteiger partial charge on any atom is 0.123 e. The van der Waals surface area contributed by atoms with Crippen LogP contribution < -0.4 is 5.32 Å². The molecule has 0 heterocycles. The predicted molar refractivity (Wildman–Crippen MR) is 57.5 cm³/mol. The first kappa shape index (κ1) is 10.9. The van der Waals surface area contributed by atoms with E-state index in [0.29, 0.717) is 0 Å². The van der Waals surface area contributed by atoms with Crippen molar-refractivity contribution in [1.82, 2.24) is 5.32 Å². The molecule has 0 unspecified atom stereocenters. The van der Waals surface area contributed by atoms with Gasteiger partial charge in [0.1, 0.15) is 5.82 Å². The van der Waals surface area contributed by atoms with Gasteiger partial charge in [-0.2, -0.15) is 0 Å². The first-order chi connectivity index (χ1) is 6.72. The second kappa shape index (κ2) is 5.55. The highest BCUT2D eigenvalue weighted by Crippen LogP contribution is 2.02. The van der Waals surface area contributed by atoms with E-state index in [9.17, 15) is 4.39 Å². The molecule has 0 bridgehead atoms. The molecule has 1 rings (SSSR count). The molecule has 0 saturated heterocycles. The van der Waals surface area contributed by atoms with Crippen LogP contribution in [-0.2, 0) is 6.54 Å². The average molecular weight is 193 g/mol. The van der Waals surface area contributed by atoms with Crippen molar-refractivity contribution in [3.8, 4) is 0 Å². The van der Waals surface area contributed by atoms with E-state index in [1.54, 1.807) is 12.1 Å². The van der Waals surface area contributed by atoms with E-state index in [-0.39, 0.29) is 5.82 Å². The number of nitrogens with one attached hydrogen (secondary N) is 1. The minimum atomic E-state index is -0.188. The van der Waals surface area contributed by atoms with Gasteiger partial charge in [0.25, 0.3) is 0 Å². The van der Waals surface area contributed by atoms with E-state index in [4.69, 9.17) is 0 Å². The monoisotopic (exact) mass is 193 g/mol. The van der Waals surface area contributed by atoms with Crippen molar-refractivity contribution in [1.29, 1.82) is 0 Å². The zero-order chi connectivity index (χ0) is 10.4. The first-order valence-corrected chi connectivity index (χ1v) is 4.84. The van der Waals surface area contributed by atoms with Crippen LogP contribution in [0.25, 0.3) is 0 Å². The lowest BCUT2D eigenvalue weighted by Crippen LogP contribution is -2.15. The Hall–Kier alpha value is -1.15. The Kier molecular flexibility index (Phi) is 4.33. The molecule has 14 heavy (non-hydrogen) atoms. The van der Waals surface area contributed by atoms with Crippen molar-refractivity contribution >= 4 is 0 Å². The number of halogens is 1. The molecule has 1 aromatic carbocycles. The van der Waals surface area contributed by atoms with E-state index in [0.717, 1.165) is 25.1 Å². The van der Waals surface area contributed by atoms with Crippen molar-refractivity contribution in [2.45, 2.75) is 19.9 Å². The highest BCUT2D eigenvalue weighted by atomic mass is 19.1. The lowest BCUT2D eigenvalue weighted by molar-refractivity contribution is 0.625. The van der Waals surface area contributed by atoms with E-state index in [1.165, 1.54) is 17.7 Å². The molecule has 1 N–H and O–H groups in total. The molecular weight excluding hydrogens is 177 g/mol. The Labute approximate surface area is 84.6 Å². The fourth-order valence-electron chi connectivity index (χ4n) is 1.11. The molecule has 2 heteroatoms. The normalized spacial score (nSPS) is 10.1. The van der Waals surface area contributed by atoms with E-state index >= 15 is 0 Å². The number of hydrogen-bond donors (Lipinski definition) is 1. The molecule has 0 aliphatic carbocycles. The van der Waals surface area contributed by atoms with Gasteiger partial charge in [0.05, 0.1) is 0 Å². The summed E-state index contributed by atoms with van der Waals surface area (Å²) >= 11 is 0. The van der Waals surface area contributed by atoms with Gasteiger partial charge >= 0.3 is 0 Å². The SMILES string of the molecule is C=C(CC)CNCc1ccc(F)cc1. The lowest BCUT2D eigenvalue weighted by atomic mass is 10.2. The van der Waals surface area contributed by atoms with Crippen molar-refractivity contribution in [3.05, 3.63) is 47.8 Å². The van der Waals surface area contributed by atoms with Gasteiger partial charge in [0.15, 0.2) is 0 Å². The Morgan fingerprint density at radius 1 is 1.36 bits per heavy atom. The van der Waals surface area contributed by atoms with Crippen LogP contribution in [0.4, 0.5) is 4.39 Å². The molecule has 0 spiro atoms. The van der Waals surface area contributed by atoms with Crippen LogP contribution >= 0.6 is 0 Å². The maximum absolute atomic E-state index is 12.6. The molecule has 1 aromatic rings. The number of hydrogen-bond acceptors (Lipinski definition) is 1. The highest BCUT2D eigenvalue weighted by molar-refractivity contribution is 5.15. The maximum atomic E-state index is 12.6. The summed E-state index contributed by atoms with van der Waals surface area (Å²) in [5, 5.41) is 3.25. The largest absolute Gasteiger partial charge is 0.309 e. The molecule has 76 valence electrons. The van der Waals surface area contributed by atoms with Crippen molar-refractivity contribution in [2.75, 3.05) is 6.54 Å². The Balaban J connectivity index is 2.31. The summed E-state index contributed by atoms with van der Waals surface area (Å²) in [6.45, 7) is 7.57. The highest BCUT2D eigenvalue weighted by Gasteiger charge is 1.94. The molecule has 0 aliphatic heterocycles. The second-order valence-corrected chi connectivity index (χ2v) is 3.33. The molecule has 0 fully saturated rings. The third-order valence-electron chi connectivity index (χ3n) is 2.12. The minimum absolute atomic E-state index is 0.188. The minimum Gasteiger partial charge on any atom is -0.309 e. The van der Waals surface area contributed by atoms with Crippen molar-refractivity contribution in [3.63, 3.8) is 0 Å². The standard InChI is InChI=1S/C12H16FN/c1-3-10(2)8-14-9-11-4-6-12(13)7-5-11/h4-7,14H,2-3,8-9H2,1H3. The molecular formula is C12H16FN. The fourth-order valence-corrected chi connectivity index (χ4v) is 1.11. The van der Waals surface area contributed by atoms with Gasteiger partial charge in [-0.3, -0.25) is 0 Å². The van der Waals surface area contributed by atoms with Crippen LogP contribution in [0.15, 0.2) is 36.4 Å². The first-order valence-electron chi connectivity index (χ1n) is 4.84. The summed E-state index contributed by atoms with van der Waals surface area (Å²) in [5.74, 6) is -0.188. The smallest absolute Gasteiger partial charge is 0.123 e. The molecule has 0 atom stereocenters. The average Bonchev–Trinajstić information content (AvgIpc) is 2.21. The Morgan fingerprint density at radius 3 is 2.57 bits per heavy atom. The van der Waals surface area contributed by atoms with Crippen molar-refractivity contribution < 1.29 is 4.39 Å². The van der Waals surface area contributed by atoms with E-state index < -0.39 is 0 Å². The van der Waals surface area contributed by atoms with Crippen LogP contribution in [0, 0.1) is 5.82 Å².